The molecule has 72 valence electrons. The predicted molar refractivity (Wildman–Crippen MR) is 62.2 cm³/mol. The molecule has 0 amide bonds. The van der Waals surface area contributed by atoms with Gasteiger partial charge < -0.3 is 5.11 Å². The summed E-state index contributed by atoms with van der Waals surface area (Å²) in [6.45, 7) is 0. The molecule has 0 unspecified atom stereocenters. The second kappa shape index (κ2) is 2.99. The van der Waals surface area contributed by atoms with Crippen LogP contribution in [-0.4, -0.2) is 5.11 Å². The number of hydrogen-bond donors (Lipinski definition) is 1. The standard InChI is InChI=1S/C14H10O/c15-13-9-3-7-11-6-1-4-10-5-2-8-12(10)14(11)13/h1-9,15H. The molecule has 0 aliphatic heterocycles. The van der Waals surface area contributed by atoms with Crippen LogP contribution < -0.4 is 0 Å². The maximum absolute atomic E-state index is 9.90. The van der Waals surface area contributed by atoms with Gasteiger partial charge in [0, 0.05) is 5.39 Å². The molecule has 1 aromatic rings. The number of rotatable bonds is 0. The second-order valence-electron chi connectivity index (χ2n) is 3.66. The molecule has 0 aromatic heterocycles. The molecule has 0 fully saturated rings. The summed E-state index contributed by atoms with van der Waals surface area (Å²) < 4.78 is 0. The molecule has 0 saturated carbocycles. The minimum absolute atomic E-state index is 0.347. The first-order valence-corrected chi connectivity index (χ1v) is 4.96. The lowest BCUT2D eigenvalue weighted by Gasteiger charge is -2.01. The Balaban J connectivity index is 2.59. The van der Waals surface area contributed by atoms with Crippen LogP contribution >= 0.6 is 0 Å². The van der Waals surface area contributed by atoms with E-state index in [0.717, 1.165) is 21.9 Å². The van der Waals surface area contributed by atoms with Crippen molar-refractivity contribution in [3.8, 4) is 16.9 Å². The normalized spacial score (nSPS) is 10.9. The zero-order chi connectivity index (χ0) is 10.3. The van der Waals surface area contributed by atoms with E-state index >= 15 is 0 Å². The summed E-state index contributed by atoms with van der Waals surface area (Å²) in [4.78, 5) is 0. The third-order valence-electron chi connectivity index (χ3n) is 2.75. The molecule has 3 rings (SSSR count). The van der Waals surface area contributed by atoms with E-state index in [0.29, 0.717) is 5.75 Å². The second-order valence-corrected chi connectivity index (χ2v) is 3.66. The van der Waals surface area contributed by atoms with Gasteiger partial charge in [0.15, 0.2) is 0 Å². The summed E-state index contributed by atoms with van der Waals surface area (Å²) in [7, 11) is 0. The highest BCUT2D eigenvalue weighted by atomic mass is 16.3. The van der Waals surface area contributed by atoms with E-state index in [1.165, 1.54) is 0 Å². The van der Waals surface area contributed by atoms with Crippen LogP contribution in [0.2, 0.25) is 0 Å². The fourth-order valence-electron chi connectivity index (χ4n) is 2.05. The summed E-state index contributed by atoms with van der Waals surface area (Å²) in [6.07, 6.45) is 0. The van der Waals surface area contributed by atoms with E-state index in [4.69, 9.17) is 0 Å². The van der Waals surface area contributed by atoms with E-state index in [1.54, 1.807) is 6.07 Å². The molecule has 2 aliphatic carbocycles. The van der Waals surface area contributed by atoms with E-state index in [9.17, 15) is 5.11 Å². The van der Waals surface area contributed by atoms with Crippen molar-refractivity contribution in [1.82, 2.24) is 0 Å². The summed E-state index contributed by atoms with van der Waals surface area (Å²) in [6, 6.07) is 17.8. The molecular weight excluding hydrogens is 184 g/mol. The predicted octanol–water partition coefficient (Wildman–Crippen LogP) is 3.65. The van der Waals surface area contributed by atoms with Crippen LogP contribution in [-0.2, 0) is 0 Å². The number of hydrogen-bond acceptors (Lipinski definition) is 1. The average molecular weight is 194 g/mol. The van der Waals surface area contributed by atoms with Gasteiger partial charge in [-0.1, -0.05) is 48.5 Å². The van der Waals surface area contributed by atoms with Crippen LogP contribution in [0.5, 0.6) is 5.75 Å². The van der Waals surface area contributed by atoms with Gasteiger partial charge in [-0.15, -0.1) is 0 Å². The van der Waals surface area contributed by atoms with Crippen molar-refractivity contribution in [3.05, 3.63) is 54.6 Å². The lowest BCUT2D eigenvalue weighted by atomic mass is 10.1. The highest BCUT2D eigenvalue weighted by Gasteiger charge is 2.07. The third-order valence-corrected chi connectivity index (χ3v) is 2.75. The van der Waals surface area contributed by atoms with E-state index in [1.807, 2.05) is 36.4 Å². The average Bonchev–Trinajstić information content (AvgIpc) is 2.60. The zero-order valence-electron chi connectivity index (χ0n) is 8.14. The fourth-order valence-corrected chi connectivity index (χ4v) is 2.05. The van der Waals surface area contributed by atoms with Gasteiger partial charge >= 0.3 is 0 Å². The Kier molecular flexibility index (Phi) is 1.65. The largest absolute Gasteiger partial charge is 0.507 e. The fraction of sp³-hybridized carbons (Fsp3) is 0. The highest BCUT2D eigenvalue weighted by molar-refractivity contribution is 6.00. The van der Waals surface area contributed by atoms with Gasteiger partial charge in [0.2, 0.25) is 0 Å². The number of phenols is 1. The topological polar surface area (TPSA) is 20.2 Å². The molecule has 0 atom stereocenters. The van der Waals surface area contributed by atoms with E-state index in [2.05, 4.69) is 12.1 Å². The van der Waals surface area contributed by atoms with Gasteiger partial charge in [-0.25, -0.2) is 0 Å². The monoisotopic (exact) mass is 194 g/mol. The molecule has 1 aromatic carbocycles. The lowest BCUT2D eigenvalue weighted by molar-refractivity contribution is 0.482. The Bertz CT molecular complexity index is 598. The summed E-state index contributed by atoms with van der Waals surface area (Å²) in [5.74, 6) is 0.347. The number of fused-ring (bicyclic) bond motifs is 3. The molecule has 1 heteroatoms. The van der Waals surface area contributed by atoms with Crippen LogP contribution in [0, 0.1) is 0 Å². The first-order chi connectivity index (χ1) is 7.36. The summed E-state index contributed by atoms with van der Waals surface area (Å²) >= 11 is 0. The van der Waals surface area contributed by atoms with Crippen molar-refractivity contribution < 1.29 is 5.11 Å². The Hall–Kier alpha value is -2.02. The third kappa shape index (κ3) is 1.17. The number of benzene rings is 1. The van der Waals surface area contributed by atoms with E-state index < -0.39 is 0 Å². The quantitative estimate of drug-likeness (QED) is 0.579. The first-order valence-electron chi connectivity index (χ1n) is 4.96. The molecule has 1 nitrogen and oxygen atoms in total. The first kappa shape index (κ1) is 8.30. The van der Waals surface area contributed by atoms with Crippen LogP contribution in [0.3, 0.4) is 0 Å². The van der Waals surface area contributed by atoms with E-state index in [-0.39, 0.29) is 0 Å². The minimum atomic E-state index is 0.347. The Morgan fingerprint density at radius 1 is 0.733 bits per heavy atom. The lowest BCUT2D eigenvalue weighted by Crippen LogP contribution is -1.73. The van der Waals surface area contributed by atoms with Crippen molar-refractivity contribution in [1.29, 1.82) is 0 Å². The van der Waals surface area contributed by atoms with Gasteiger partial charge in [0.1, 0.15) is 5.75 Å². The van der Waals surface area contributed by atoms with Gasteiger partial charge in [0.05, 0.1) is 0 Å². The van der Waals surface area contributed by atoms with Gasteiger partial charge in [-0.2, -0.15) is 0 Å². The minimum Gasteiger partial charge on any atom is -0.507 e. The van der Waals surface area contributed by atoms with Crippen molar-refractivity contribution in [2.75, 3.05) is 0 Å². The molecule has 1 N–H and O–H groups in total. The summed E-state index contributed by atoms with van der Waals surface area (Å²) in [5.41, 5.74) is 2.26. The van der Waals surface area contributed by atoms with Crippen molar-refractivity contribution in [2.45, 2.75) is 0 Å². The molecule has 15 heavy (non-hydrogen) atoms. The van der Waals surface area contributed by atoms with Crippen molar-refractivity contribution in [3.63, 3.8) is 0 Å². The number of aromatic hydroxyl groups is 1. The Labute approximate surface area is 87.9 Å². The van der Waals surface area contributed by atoms with Crippen LogP contribution in [0.4, 0.5) is 0 Å². The molecule has 0 spiro atoms. The Morgan fingerprint density at radius 3 is 2.20 bits per heavy atom. The van der Waals surface area contributed by atoms with Gasteiger partial charge in [-0.3, -0.25) is 0 Å². The molecule has 2 aliphatic rings. The van der Waals surface area contributed by atoms with Crippen LogP contribution in [0.15, 0.2) is 54.6 Å². The SMILES string of the molecule is Oc1cccc2cccc3cccc-3c12. The van der Waals surface area contributed by atoms with Crippen LogP contribution in [0.1, 0.15) is 0 Å². The molecule has 0 saturated heterocycles. The Morgan fingerprint density at radius 2 is 1.40 bits per heavy atom. The molecule has 0 bridgehead atoms. The summed E-state index contributed by atoms with van der Waals surface area (Å²) in [5, 5.41) is 11.9. The van der Waals surface area contributed by atoms with Gasteiger partial charge in [-0.05, 0) is 22.6 Å². The maximum Gasteiger partial charge on any atom is 0.124 e. The molecular formula is C14H10O. The number of phenolic OH excluding ortho intramolecular Hbond substituents is 1. The smallest absolute Gasteiger partial charge is 0.124 e. The van der Waals surface area contributed by atoms with Gasteiger partial charge in [0.25, 0.3) is 0 Å². The van der Waals surface area contributed by atoms with Crippen molar-refractivity contribution in [2.24, 2.45) is 0 Å². The molecule has 0 heterocycles. The van der Waals surface area contributed by atoms with Crippen molar-refractivity contribution >= 4 is 10.8 Å². The molecule has 0 radical (unpaired) electrons. The maximum atomic E-state index is 9.90. The van der Waals surface area contributed by atoms with Crippen LogP contribution in [0.25, 0.3) is 21.9 Å². The highest BCUT2D eigenvalue weighted by Crippen LogP contribution is 2.35. The zero-order valence-corrected chi connectivity index (χ0v) is 8.14.